The number of phenols is 2. The maximum atomic E-state index is 12.5. The Hall–Kier alpha value is -3.11. The zero-order valence-electron chi connectivity index (χ0n) is 15.8. The van der Waals surface area contributed by atoms with Crippen LogP contribution >= 0.6 is 0 Å². The molecule has 2 aromatic carbocycles. The van der Waals surface area contributed by atoms with Crippen LogP contribution in [0, 0.1) is 0 Å². The van der Waals surface area contributed by atoms with Gasteiger partial charge in [-0.05, 0) is 31.2 Å². The van der Waals surface area contributed by atoms with Crippen molar-refractivity contribution in [3.05, 3.63) is 52.7 Å². The molecule has 0 bridgehead atoms. The minimum Gasteiger partial charge on any atom is -0.508 e. The first-order chi connectivity index (χ1) is 14.2. The van der Waals surface area contributed by atoms with Gasteiger partial charge in [0, 0.05) is 23.8 Å². The molecule has 0 spiro atoms. The van der Waals surface area contributed by atoms with Gasteiger partial charge in [-0.2, -0.15) is 0 Å². The van der Waals surface area contributed by atoms with E-state index in [1.807, 2.05) is 0 Å². The maximum absolute atomic E-state index is 12.5. The molecular weight excluding hydrogens is 396 g/mol. The third kappa shape index (κ3) is 3.59. The first-order valence-corrected chi connectivity index (χ1v) is 9.21. The average Bonchev–Trinajstić information content (AvgIpc) is 2.70. The van der Waals surface area contributed by atoms with Crippen molar-refractivity contribution < 1.29 is 39.4 Å². The molecule has 158 valence electrons. The molecule has 0 saturated carbocycles. The quantitative estimate of drug-likeness (QED) is 0.423. The van der Waals surface area contributed by atoms with Crippen molar-refractivity contribution >= 4 is 11.0 Å². The van der Waals surface area contributed by atoms with Gasteiger partial charge in [-0.15, -0.1) is 0 Å². The van der Waals surface area contributed by atoms with Gasteiger partial charge < -0.3 is 39.4 Å². The zero-order valence-corrected chi connectivity index (χ0v) is 15.8. The van der Waals surface area contributed by atoms with Crippen LogP contribution in [-0.2, 0) is 4.74 Å². The number of aromatic hydroxyl groups is 2. The summed E-state index contributed by atoms with van der Waals surface area (Å²) in [6, 6.07) is 9.76. The van der Waals surface area contributed by atoms with Gasteiger partial charge in [0.2, 0.25) is 6.29 Å². The first kappa shape index (κ1) is 20.2. The number of aliphatic hydroxyl groups is 3. The maximum Gasteiger partial charge on any atom is 0.229 e. The largest absolute Gasteiger partial charge is 0.508 e. The van der Waals surface area contributed by atoms with Crippen LogP contribution < -0.4 is 10.2 Å². The molecule has 9 heteroatoms. The van der Waals surface area contributed by atoms with Gasteiger partial charge in [0.05, 0.1) is 6.10 Å². The number of rotatable bonds is 3. The van der Waals surface area contributed by atoms with E-state index >= 15 is 0 Å². The summed E-state index contributed by atoms with van der Waals surface area (Å²) in [5.41, 5.74) is 0.0820. The molecule has 1 aliphatic rings. The molecule has 1 unspecified atom stereocenters. The summed E-state index contributed by atoms with van der Waals surface area (Å²) >= 11 is 0. The van der Waals surface area contributed by atoms with Crippen molar-refractivity contribution in [3.8, 4) is 28.6 Å². The van der Waals surface area contributed by atoms with Gasteiger partial charge >= 0.3 is 0 Å². The molecule has 5 atom stereocenters. The minimum absolute atomic E-state index is 0.0193. The Balaban J connectivity index is 1.72. The fourth-order valence-corrected chi connectivity index (χ4v) is 3.32. The lowest BCUT2D eigenvalue weighted by Gasteiger charge is -2.38. The van der Waals surface area contributed by atoms with Crippen molar-refractivity contribution in [1.29, 1.82) is 0 Å². The van der Waals surface area contributed by atoms with Crippen LogP contribution in [0.1, 0.15) is 6.92 Å². The third-order valence-electron chi connectivity index (χ3n) is 5.00. The monoisotopic (exact) mass is 416 g/mol. The summed E-state index contributed by atoms with van der Waals surface area (Å²) in [6.45, 7) is 1.51. The summed E-state index contributed by atoms with van der Waals surface area (Å²) in [5, 5.41) is 49.5. The third-order valence-corrected chi connectivity index (χ3v) is 5.00. The molecule has 4 rings (SSSR count). The molecule has 2 heterocycles. The van der Waals surface area contributed by atoms with Crippen molar-refractivity contribution in [1.82, 2.24) is 0 Å². The molecule has 5 N–H and O–H groups in total. The lowest BCUT2D eigenvalue weighted by atomic mass is 10.00. The minimum atomic E-state index is -1.54. The highest BCUT2D eigenvalue weighted by Crippen LogP contribution is 2.33. The predicted molar refractivity (Wildman–Crippen MR) is 104 cm³/mol. The van der Waals surface area contributed by atoms with Crippen LogP contribution in [0.3, 0.4) is 0 Å². The number of ether oxygens (including phenoxy) is 2. The van der Waals surface area contributed by atoms with Crippen LogP contribution in [0.5, 0.6) is 17.2 Å². The van der Waals surface area contributed by atoms with E-state index < -0.39 is 41.9 Å². The Kier molecular flexibility index (Phi) is 5.12. The Morgan fingerprint density at radius 2 is 1.63 bits per heavy atom. The summed E-state index contributed by atoms with van der Waals surface area (Å²) in [5.74, 6) is -0.105. The molecule has 1 saturated heterocycles. The van der Waals surface area contributed by atoms with Crippen LogP contribution in [-0.4, -0.2) is 56.2 Å². The fourth-order valence-electron chi connectivity index (χ4n) is 3.32. The van der Waals surface area contributed by atoms with Crippen molar-refractivity contribution in [2.45, 2.75) is 37.6 Å². The second-order valence-electron chi connectivity index (χ2n) is 7.14. The number of benzene rings is 2. The van der Waals surface area contributed by atoms with E-state index in [1.165, 1.54) is 31.2 Å². The summed E-state index contributed by atoms with van der Waals surface area (Å²) in [7, 11) is 0. The van der Waals surface area contributed by atoms with Gasteiger partial charge in [0.1, 0.15) is 52.3 Å². The Labute approximate surface area is 170 Å². The number of aliphatic hydroxyl groups excluding tert-OH is 3. The first-order valence-electron chi connectivity index (χ1n) is 9.21. The van der Waals surface area contributed by atoms with Gasteiger partial charge in [-0.3, -0.25) is 4.79 Å². The van der Waals surface area contributed by atoms with E-state index in [4.69, 9.17) is 13.9 Å². The Bertz CT molecular complexity index is 1120. The number of hydrogen-bond acceptors (Lipinski definition) is 9. The van der Waals surface area contributed by atoms with Crippen LogP contribution in [0.15, 0.2) is 51.7 Å². The number of phenolic OH excluding ortho intramolecular Hbond substituents is 2. The Morgan fingerprint density at radius 3 is 2.33 bits per heavy atom. The lowest BCUT2D eigenvalue weighted by Crippen LogP contribution is -2.58. The summed E-state index contributed by atoms with van der Waals surface area (Å²) in [6.07, 6.45) is -6.42. The highest BCUT2D eigenvalue weighted by atomic mass is 16.7. The van der Waals surface area contributed by atoms with Gasteiger partial charge in [-0.1, -0.05) is 0 Å². The van der Waals surface area contributed by atoms with E-state index in [2.05, 4.69) is 0 Å². The summed E-state index contributed by atoms with van der Waals surface area (Å²) < 4.78 is 16.7. The second kappa shape index (κ2) is 7.62. The number of fused-ring (bicyclic) bond motifs is 1. The average molecular weight is 416 g/mol. The molecular formula is C21H20O9. The van der Waals surface area contributed by atoms with Gasteiger partial charge in [0.15, 0.2) is 5.43 Å². The number of hydrogen-bond donors (Lipinski definition) is 5. The molecule has 0 amide bonds. The molecule has 0 aliphatic carbocycles. The SMILES string of the molecule is C[C@@H]1OC(Oc2cc(O)c3c(=O)cc(-c4ccc(O)cc4)oc3c2)[C@@H](O)[C@@H](O)[C@@H]1O. The normalized spacial score (nSPS) is 26.6. The van der Waals surface area contributed by atoms with Gasteiger partial charge in [-0.25, -0.2) is 0 Å². The molecule has 0 radical (unpaired) electrons. The topological polar surface area (TPSA) is 150 Å². The smallest absolute Gasteiger partial charge is 0.229 e. The highest BCUT2D eigenvalue weighted by molar-refractivity contribution is 5.86. The van der Waals surface area contributed by atoms with Crippen molar-refractivity contribution in [3.63, 3.8) is 0 Å². The van der Waals surface area contributed by atoms with Crippen LogP contribution in [0.4, 0.5) is 0 Å². The Morgan fingerprint density at radius 1 is 0.933 bits per heavy atom. The van der Waals surface area contributed by atoms with E-state index in [-0.39, 0.29) is 28.2 Å². The molecule has 30 heavy (non-hydrogen) atoms. The molecule has 1 aromatic heterocycles. The molecule has 1 aliphatic heterocycles. The molecule has 9 nitrogen and oxygen atoms in total. The van der Waals surface area contributed by atoms with E-state index in [9.17, 15) is 30.3 Å². The van der Waals surface area contributed by atoms with Crippen molar-refractivity contribution in [2.24, 2.45) is 0 Å². The van der Waals surface area contributed by atoms with Gasteiger partial charge in [0.25, 0.3) is 0 Å². The highest BCUT2D eigenvalue weighted by Gasteiger charge is 2.43. The second-order valence-corrected chi connectivity index (χ2v) is 7.14. The lowest BCUT2D eigenvalue weighted by molar-refractivity contribution is -0.268. The fraction of sp³-hybridized carbons (Fsp3) is 0.286. The van der Waals surface area contributed by atoms with Crippen molar-refractivity contribution in [2.75, 3.05) is 0 Å². The predicted octanol–water partition coefficient (Wildman–Crippen LogP) is 1.08. The standard InChI is InChI=1S/C21H20O9/c1-9-18(25)19(26)20(27)21(28-9)29-12-6-13(23)17-14(24)8-15(30-16(17)7-12)10-2-4-11(22)5-3-10/h2-9,18-23,25-27H,1H3/t9-,18+,19-,20-,21?/m0/s1. The summed E-state index contributed by atoms with van der Waals surface area (Å²) in [4.78, 5) is 12.5. The van der Waals surface area contributed by atoms with E-state index in [0.717, 1.165) is 6.07 Å². The molecule has 3 aromatic rings. The van der Waals surface area contributed by atoms with E-state index in [1.54, 1.807) is 12.1 Å². The van der Waals surface area contributed by atoms with E-state index in [0.29, 0.717) is 5.56 Å². The molecule has 1 fully saturated rings. The van der Waals surface area contributed by atoms with Crippen LogP contribution in [0.2, 0.25) is 0 Å². The van der Waals surface area contributed by atoms with Crippen LogP contribution in [0.25, 0.3) is 22.3 Å². The zero-order chi connectivity index (χ0) is 21.6.